The van der Waals surface area contributed by atoms with Crippen molar-refractivity contribution in [2.24, 2.45) is 0 Å². The number of amides is 1. The second-order valence-electron chi connectivity index (χ2n) is 5.17. The third-order valence-corrected chi connectivity index (χ3v) is 4.50. The standard InChI is InChI=1S/C17H17N3OS/c1-3-15-16(22-20-19-15)17(21)18-11(2)13-10-6-8-12-7-4-5-9-14(12)13/h4-11H,3H2,1-2H3,(H,18,21)/t11-/m0/s1. The predicted molar refractivity (Wildman–Crippen MR) is 89.1 cm³/mol. The molecule has 0 bridgehead atoms. The van der Waals surface area contributed by atoms with Crippen molar-refractivity contribution >= 4 is 28.2 Å². The number of hydrogen-bond acceptors (Lipinski definition) is 4. The lowest BCUT2D eigenvalue weighted by molar-refractivity contribution is 0.0943. The summed E-state index contributed by atoms with van der Waals surface area (Å²) in [5.41, 5.74) is 1.87. The van der Waals surface area contributed by atoms with Crippen LogP contribution in [-0.2, 0) is 6.42 Å². The van der Waals surface area contributed by atoms with Crippen molar-refractivity contribution in [2.45, 2.75) is 26.3 Å². The summed E-state index contributed by atoms with van der Waals surface area (Å²) in [5, 5.41) is 9.39. The summed E-state index contributed by atoms with van der Waals surface area (Å²) in [7, 11) is 0. The maximum absolute atomic E-state index is 12.4. The molecule has 112 valence electrons. The van der Waals surface area contributed by atoms with Gasteiger partial charge in [0.15, 0.2) is 0 Å². The van der Waals surface area contributed by atoms with E-state index in [4.69, 9.17) is 0 Å². The molecule has 0 radical (unpaired) electrons. The summed E-state index contributed by atoms with van der Waals surface area (Å²) in [6.45, 7) is 3.97. The van der Waals surface area contributed by atoms with Crippen LogP contribution in [0.2, 0.25) is 0 Å². The zero-order valence-corrected chi connectivity index (χ0v) is 13.4. The number of aromatic nitrogens is 2. The number of nitrogens with one attached hydrogen (secondary N) is 1. The molecule has 1 atom stereocenters. The Morgan fingerprint density at radius 2 is 2.00 bits per heavy atom. The van der Waals surface area contributed by atoms with E-state index < -0.39 is 0 Å². The van der Waals surface area contributed by atoms with Crippen molar-refractivity contribution in [1.82, 2.24) is 14.9 Å². The highest BCUT2D eigenvalue weighted by atomic mass is 32.1. The minimum absolute atomic E-state index is 0.0783. The lowest BCUT2D eigenvalue weighted by Crippen LogP contribution is -2.26. The van der Waals surface area contributed by atoms with Gasteiger partial charge in [-0.2, -0.15) is 0 Å². The van der Waals surface area contributed by atoms with Crippen LogP contribution in [-0.4, -0.2) is 15.5 Å². The molecule has 3 rings (SSSR count). The zero-order chi connectivity index (χ0) is 15.5. The normalized spacial score (nSPS) is 12.3. The first-order valence-corrected chi connectivity index (χ1v) is 8.07. The molecule has 0 aliphatic rings. The number of nitrogens with zero attached hydrogens (tertiary/aromatic N) is 2. The average molecular weight is 311 g/mol. The lowest BCUT2D eigenvalue weighted by Gasteiger charge is -2.16. The largest absolute Gasteiger partial charge is 0.345 e. The van der Waals surface area contributed by atoms with Crippen molar-refractivity contribution in [3.63, 3.8) is 0 Å². The highest BCUT2D eigenvalue weighted by molar-refractivity contribution is 7.08. The predicted octanol–water partition coefficient (Wildman–Crippen LogP) is 3.74. The van der Waals surface area contributed by atoms with Crippen LogP contribution < -0.4 is 5.32 Å². The Kier molecular flexibility index (Phi) is 4.15. The van der Waals surface area contributed by atoms with Gasteiger partial charge in [0.1, 0.15) is 4.88 Å². The summed E-state index contributed by atoms with van der Waals surface area (Å²) in [6.07, 6.45) is 0.710. The summed E-state index contributed by atoms with van der Waals surface area (Å²) in [4.78, 5) is 13.0. The van der Waals surface area contributed by atoms with Gasteiger partial charge in [0.2, 0.25) is 0 Å². The van der Waals surface area contributed by atoms with Crippen LogP contribution in [0.5, 0.6) is 0 Å². The van der Waals surface area contributed by atoms with E-state index in [1.807, 2.05) is 32.0 Å². The van der Waals surface area contributed by atoms with E-state index in [1.54, 1.807) is 0 Å². The molecule has 0 spiro atoms. The molecule has 4 nitrogen and oxygen atoms in total. The van der Waals surface area contributed by atoms with Crippen molar-refractivity contribution < 1.29 is 4.79 Å². The van der Waals surface area contributed by atoms with E-state index in [9.17, 15) is 4.79 Å². The maximum Gasteiger partial charge on any atom is 0.265 e. The van der Waals surface area contributed by atoms with E-state index in [-0.39, 0.29) is 11.9 Å². The van der Waals surface area contributed by atoms with E-state index in [0.717, 1.165) is 28.2 Å². The van der Waals surface area contributed by atoms with E-state index in [1.165, 1.54) is 5.39 Å². The topological polar surface area (TPSA) is 54.9 Å². The molecule has 5 heteroatoms. The van der Waals surface area contributed by atoms with Crippen LogP contribution in [0.1, 0.15) is 40.8 Å². The SMILES string of the molecule is CCc1nnsc1C(=O)N[C@@H](C)c1cccc2ccccc12. The highest BCUT2D eigenvalue weighted by Gasteiger charge is 2.18. The molecular formula is C17H17N3OS. The van der Waals surface area contributed by atoms with Crippen LogP contribution in [0.3, 0.4) is 0 Å². The Hall–Kier alpha value is -2.27. The van der Waals surface area contributed by atoms with E-state index in [2.05, 4.69) is 39.2 Å². The number of carbonyl (C=O) groups is 1. The molecule has 2 aromatic carbocycles. The second-order valence-corrected chi connectivity index (χ2v) is 5.92. The molecule has 1 aromatic heterocycles. The molecule has 3 aromatic rings. The monoisotopic (exact) mass is 311 g/mol. The van der Waals surface area contributed by atoms with Crippen molar-refractivity contribution in [2.75, 3.05) is 0 Å². The number of carbonyl (C=O) groups excluding carboxylic acids is 1. The molecule has 0 saturated carbocycles. The second kappa shape index (κ2) is 6.23. The number of rotatable bonds is 4. The molecule has 0 aliphatic carbocycles. The Bertz CT molecular complexity index is 807. The lowest BCUT2D eigenvalue weighted by atomic mass is 9.99. The minimum Gasteiger partial charge on any atom is -0.345 e. The van der Waals surface area contributed by atoms with E-state index in [0.29, 0.717) is 11.3 Å². The first-order valence-electron chi connectivity index (χ1n) is 7.30. The molecule has 0 aliphatic heterocycles. The van der Waals surface area contributed by atoms with Gasteiger partial charge in [0, 0.05) is 0 Å². The van der Waals surface area contributed by atoms with Gasteiger partial charge in [0.25, 0.3) is 5.91 Å². The fourth-order valence-electron chi connectivity index (χ4n) is 2.58. The van der Waals surface area contributed by atoms with E-state index >= 15 is 0 Å². The Labute approximate surface area is 133 Å². The van der Waals surface area contributed by atoms with Gasteiger partial charge in [-0.05, 0) is 41.2 Å². The molecule has 0 saturated heterocycles. The fourth-order valence-corrected chi connectivity index (χ4v) is 3.23. The minimum atomic E-state index is -0.104. The highest BCUT2D eigenvalue weighted by Crippen LogP contribution is 2.24. The van der Waals surface area contributed by atoms with Crippen LogP contribution in [0.15, 0.2) is 42.5 Å². The molecule has 0 unspecified atom stereocenters. The van der Waals surface area contributed by atoms with Gasteiger partial charge < -0.3 is 5.32 Å². The summed E-state index contributed by atoms with van der Waals surface area (Å²) >= 11 is 1.15. The van der Waals surface area contributed by atoms with Crippen molar-refractivity contribution in [3.05, 3.63) is 58.6 Å². The first kappa shape index (κ1) is 14.7. The van der Waals surface area contributed by atoms with Crippen molar-refractivity contribution in [3.8, 4) is 0 Å². The fraction of sp³-hybridized carbons (Fsp3) is 0.235. The molecule has 1 amide bonds. The van der Waals surface area contributed by atoms with Crippen LogP contribution in [0, 0.1) is 0 Å². The summed E-state index contributed by atoms with van der Waals surface area (Å²) in [6, 6.07) is 14.3. The average Bonchev–Trinajstić information content (AvgIpc) is 3.03. The molecule has 22 heavy (non-hydrogen) atoms. The van der Waals surface area contributed by atoms with Gasteiger partial charge in [-0.3, -0.25) is 4.79 Å². The summed E-state index contributed by atoms with van der Waals surface area (Å²) < 4.78 is 3.87. The summed E-state index contributed by atoms with van der Waals surface area (Å²) in [5.74, 6) is -0.104. The maximum atomic E-state index is 12.4. The van der Waals surface area contributed by atoms with Crippen LogP contribution in [0.25, 0.3) is 10.8 Å². The Morgan fingerprint density at radius 1 is 1.23 bits per heavy atom. The van der Waals surface area contributed by atoms with Gasteiger partial charge in [-0.1, -0.05) is 53.9 Å². The first-order chi connectivity index (χ1) is 10.7. The smallest absolute Gasteiger partial charge is 0.265 e. The van der Waals surface area contributed by atoms with Gasteiger partial charge in [0.05, 0.1) is 11.7 Å². The van der Waals surface area contributed by atoms with Crippen LogP contribution >= 0.6 is 11.5 Å². The number of fused-ring (bicyclic) bond motifs is 1. The molecule has 1 heterocycles. The molecule has 0 fully saturated rings. The van der Waals surface area contributed by atoms with Gasteiger partial charge >= 0.3 is 0 Å². The Balaban J connectivity index is 1.87. The van der Waals surface area contributed by atoms with Gasteiger partial charge in [-0.15, -0.1) is 5.10 Å². The van der Waals surface area contributed by atoms with Crippen molar-refractivity contribution in [1.29, 1.82) is 0 Å². The zero-order valence-electron chi connectivity index (χ0n) is 12.5. The number of benzene rings is 2. The molecule has 1 N–H and O–H groups in total. The molecular weight excluding hydrogens is 294 g/mol. The van der Waals surface area contributed by atoms with Gasteiger partial charge in [-0.25, -0.2) is 0 Å². The van der Waals surface area contributed by atoms with Crippen LogP contribution in [0.4, 0.5) is 0 Å². The number of aryl methyl sites for hydroxylation is 1. The number of hydrogen-bond donors (Lipinski definition) is 1. The third-order valence-electron chi connectivity index (χ3n) is 3.73. The Morgan fingerprint density at radius 3 is 2.82 bits per heavy atom. The third kappa shape index (κ3) is 2.72. The quantitative estimate of drug-likeness (QED) is 0.798.